The molecule has 0 spiro atoms. The number of aromatic nitrogens is 1. The fraction of sp³-hybridized carbons (Fsp3) is 0. The van der Waals surface area contributed by atoms with E-state index in [4.69, 9.17) is 11.6 Å². The fourth-order valence-corrected chi connectivity index (χ4v) is 2.42. The van der Waals surface area contributed by atoms with Gasteiger partial charge in [-0.3, -0.25) is 4.79 Å². The number of fused-ring (bicyclic) bond motifs is 1. The first-order valence-corrected chi connectivity index (χ1v) is 6.21. The molecule has 0 fully saturated rings. The highest BCUT2D eigenvalue weighted by Gasteiger charge is 2.20. The largest absolute Gasteiger partial charge is 0.360 e. The van der Waals surface area contributed by atoms with Gasteiger partial charge in [0.15, 0.2) is 17.4 Å². The second-order valence-electron chi connectivity index (χ2n) is 4.30. The Hall–Kier alpha value is -2.20. The molecule has 0 amide bonds. The Morgan fingerprint density at radius 1 is 1.05 bits per heavy atom. The molecule has 0 radical (unpaired) electrons. The molecular formula is C15H8ClF2NO. The molecule has 0 saturated carbocycles. The lowest BCUT2D eigenvalue weighted by molar-refractivity contribution is 0.103. The van der Waals surface area contributed by atoms with Gasteiger partial charge in [0.05, 0.1) is 10.6 Å². The van der Waals surface area contributed by atoms with E-state index in [1.165, 1.54) is 18.3 Å². The van der Waals surface area contributed by atoms with Crippen molar-refractivity contribution in [1.82, 2.24) is 4.98 Å². The average molecular weight is 292 g/mol. The number of carbonyl (C=O) groups excluding carboxylic acids is 1. The summed E-state index contributed by atoms with van der Waals surface area (Å²) < 4.78 is 26.9. The van der Waals surface area contributed by atoms with Gasteiger partial charge in [-0.2, -0.15) is 0 Å². The molecule has 1 aromatic heterocycles. The van der Waals surface area contributed by atoms with Crippen molar-refractivity contribution in [2.75, 3.05) is 0 Å². The first kappa shape index (κ1) is 12.8. The number of carbonyl (C=O) groups is 1. The van der Waals surface area contributed by atoms with Gasteiger partial charge in [-0.1, -0.05) is 23.7 Å². The summed E-state index contributed by atoms with van der Waals surface area (Å²) in [5, 5.41) is 0.881. The van der Waals surface area contributed by atoms with Gasteiger partial charge in [-0.05, 0) is 24.3 Å². The fourth-order valence-electron chi connectivity index (χ4n) is 2.14. The van der Waals surface area contributed by atoms with E-state index in [1.807, 2.05) is 0 Å². The van der Waals surface area contributed by atoms with Gasteiger partial charge < -0.3 is 4.98 Å². The van der Waals surface area contributed by atoms with Crippen LogP contribution < -0.4 is 0 Å². The van der Waals surface area contributed by atoms with Crippen molar-refractivity contribution in [3.05, 3.63) is 70.4 Å². The minimum atomic E-state index is -1.15. The third-order valence-corrected chi connectivity index (χ3v) is 3.41. The summed E-state index contributed by atoms with van der Waals surface area (Å²) >= 11 is 6.07. The van der Waals surface area contributed by atoms with Gasteiger partial charge in [0, 0.05) is 22.7 Å². The summed E-state index contributed by atoms with van der Waals surface area (Å²) in [5.41, 5.74) is 0.568. The van der Waals surface area contributed by atoms with Crippen LogP contribution in [0.1, 0.15) is 15.9 Å². The molecule has 0 saturated heterocycles. The first-order valence-electron chi connectivity index (χ1n) is 5.84. The lowest BCUT2D eigenvalue weighted by Crippen LogP contribution is -2.05. The normalized spacial score (nSPS) is 10.9. The van der Waals surface area contributed by atoms with E-state index in [-0.39, 0.29) is 11.1 Å². The number of aromatic amines is 1. The van der Waals surface area contributed by atoms with E-state index < -0.39 is 17.4 Å². The number of halogens is 3. The van der Waals surface area contributed by atoms with Crippen molar-refractivity contribution in [3.63, 3.8) is 0 Å². The van der Waals surface area contributed by atoms with Crippen LogP contribution in [-0.4, -0.2) is 10.8 Å². The van der Waals surface area contributed by atoms with E-state index in [9.17, 15) is 13.6 Å². The Balaban J connectivity index is 2.21. The summed E-state index contributed by atoms with van der Waals surface area (Å²) in [5.74, 6) is -2.82. The Bertz CT molecular complexity index is 826. The van der Waals surface area contributed by atoms with Gasteiger partial charge in [0.25, 0.3) is 0 Å². The molecule has 0 aliphatic rings. The maximum Gasteiger partial charge on any atom is 0.198 e. The molecule has 2 aromatic carbocycles. The summed E-state index contributed by atoms with van der Waals surface area (Å²) in [6.07, 6.45) is 1.45. The van der Waals surface area contributed by atoms with Crippen LogP contribution in [-0.2, 0) is 0 Å². The summed E-state index contributed by atoms with van der Waals surface area (Å²) in [6.45, 7) is 0. The third-order valence-electron chi connectivity index (χ3n) is 3.10. The van der Waals surface area contributed by atoms with E-state index in [2.05, 4.69) is 4.98 Å². The summed E-state index contributed by atoms with van der Waals surface area (Å²) in [7, 11) is 0. The monoisotopic (exact) mass is 291 g/mol. The predicted molar refractivity (Wildman–Crippen MR) is 73.1 cm³/mol. The van der Waals surface area contributed by atoms with E-state index in [1.54, 1.807) is 18.2 Å². The van der Waals surface area contributed by atoms with Gasteiger partial charge in [0.1, 0.15) is 0 Å². The zero-order chi connectivity index (χ0) is 14.3. The molecule has 5 heteroatoms. The number of ketones is 1. The Labute approximate surface area is 118 Å². The van der Waals surface area contributed by atoms with E-state index in [0.717, 1.165) is 6.07 Å². The zero-order valence-electron chi connectivity index (χ0n) is 10.1. The molecule has 2 nitrogen and oxygen atoms in total. The number of hydrogen-bond acceptors (Lipinski definition) is 1. The number of rotatable bonds is 2. The van der Waals surface area contributed by atoms with Crippen LogP contribution in [0, 0.1) is 11.6 Å². The van der Waals surface area contributed by atoms with Crippen LogP contribution in [0.4, 0.5) is 8.78 Å². The third kappa shape index (κ3) is 1.89. The van der Waals surface area contributed by atoms with Crippen molar-refractivity contribution >= 4 is 28.3 Å². The maximum absolute atomic E-state index is 13.7. The molecule has 3 aromatic rings. The van der Waals surface area contributed by atoms with Crippen LogP contribution >= 0.6 is 11.6 Å². The number of nitrogens with one attached hydrogen (secondary N) is 1. The molecule has 0 aliphatic carbocycles. The van der Waals surface area contributed by atoms with E-state index >= 15 is 0 Å². The van der Waals surface area contributed by atoms with Crippen molar-refractivity contribution < 1.29 is 13.6 Å². The van der Waals surface area contributed by atoms with Crippen molar-refractivity contribution in [2.45, 2.75) is 0 Å². The highest BCUT2D eigenvalue weighted by Crippen LogP contribution is 2.28. The molecule has 0 atom stereocenters. The van der Waals surface area contributed by atoms with Crippen LogP contribution in [0.5, 0.6) is 0 Å². The van der Waals surface area contributed by atoms with Gasteiger partial charge in [0.2, 0.25) is 0 Å². The van der Waals surface area contributed by atoms with Gasteiger partial charge >= 0.3 is 0 Å². The zero-order valence-corrected chi connectivity index (χ0v) is 10.8. The topological polar surface area (TPSA) is 32.9 Å². The number of hydrogen-bond donors (Lipinski definition) is 1. The molecular weight excluding hydrogens is 284 g/mol. The van der Waals surface area contributed by atoms with E-state index in [0.29, 0.717) is 15.9 Å². The van der Waals surface area contributed by atoms with Crippen LogP contribution in [0.2, 0.25) is 5.02 Å². The van der Waals surface area contributed by atoms with Gasteiger partial charge in [-0.25, -0.2) is 8.78 Å². The predicted octanol–water partition coefficient (Wildman–Crippen LogP) is 4.33. The maximum atomic E-state index is 13.7. The van der Waals surface area contributed by atoms with Crippen molar-refractivity contribution in [1.29, 1.82) is 0 Å². The SMILES string of the molecule is O=C(c1cccc(F)c1F)c1c[nH]c2cccc(Cl)c12. The lowest BCUT2D eigenvalue weighted by atomic mass is 10.0. The molecule has 1 heterocycles. The minimum Gasteiger partial charge on any atom is -0.360 e. The number of benzene rings is 2. The summed E-state index contributed by atoms with van der Waals surface area (Å²) in [6, 6.07) is 8.63. The van der Waals surface area contributed by atoms with Crippen LogP contribution in [0.15, 0.2) is 42.6 Å². The highest BCUT2D eigenvalue weighted by atomic mass is 35.5. The van der Waals surface area contributed by atoms with Crippen molar-refractivity contribution in [3.8, 4) is 0 Å². The highest BCUT2D eigenvalue weighted by molar-refractivity contribution is 6.37. The lowest BCUT2D eigenvalue weighted by Gasteiger charge is -2.03. The average Bonchev–Trinajstić information content (AvgIpc) is 2.86. The second kappa shape index (κ2) is 4.72. The standard InChI is InChI=1S/C15H8ClF2NO/c16-10-4-2-6-12-13(10)9(7-19-12)15(20)8-3-1-5-11(17)14(8)18/h1-7,19H. The first-order chi connectivity index (χ1) is 9.59. The molecule has 0 aliphatic heterocycles. The smallest absolute Gasteiger partial charge is 0.198 e. The second-order valence-corrected chi connectivity index (χ2v) is 4.70. The molecule has 20 heavy (non-hydrogen) atoms. The Morgan fingerprint density at radius 2 is 1.80 bits per heavy atom. The van der Waals surface area contributed by atoms with Crippen molar-refractivity contribution in [2.24, 2.45) is 0 Å². The molecule has 0 unspecified atom stereocenters. The number of H-pyrrole nitrogens is 1. The quantitative estimate of drug-likeness (QED) is 0.700. The molecule has 100 valence electrons. The minimum absolute atomic E-state index is 0.218. The van der Waals surface area contributed by atoms with Crippen LogP contribution in [0.25, 0.3) is 10.9 Å². The van der Waals surface area contributed by atoms with Crippen LogP contribution in [0.3, 0.4) is 0 Å². The molecule has 3 rings (SSSR count). The Kier molecular flexibility index (Phi) is 3.03. The summed E-state index contributed by atoms with van der Waals surface area (Å²) in [4.78, 5) is 15.3. The molecule has 1 N–H and O–H groups in total. The van der Waals surface area contributed by atoms with Gasteiger partial charge in [-0.15, -0.1) is 0 Å². The molecule has 0 bridgehead atoms. The Morgan fingerprint density at radius 3 is 2.60 bits per heavy atom.